The van der Waals surface area contributed by atoms with Gasteiger partial charge >= 0.3 is 0 Å². The third kappa shape index (κ3) is 3.56. The first-order chi connectivity index (χ1) is 12.2. The van der Waals surface area contributed by atoms with Gasteiger partial charge in [-0.05, 0) is 30.5 Å². The third-order valence-corrected chi connectivity index (χ3v) is 5.22. The van der Waals surface area contributed by atoms with Crippen LogP contribution in [0.15, 0.2) is 18.2 Å². The summed E-state index contributed by atoms with van der Waals surface area (Å²) in [5.41, 5.74) is 0.977. The van der Waals surface area contributed by atoms with Crippen molar-refractivity contribution in [2.75, 3.05) is 19.9 Å². The minimum Gasteiger partial charge on any atom is -0.454 e. The molecule has 2 fully saturated rings. The number of ether oxygens (including phenoxy) is 2. The molecule has 0 aromatic heterocycles. The Kier molecular flexibility index (Phi) is 4.48. The fourth-order valence-corrected chi connectivity index (χ4v) is 3.91. The highest BCUT2D eigenvalue weighted by molar-refractivity contribution is 5.79. The van der Waals surface area contributed by atoms with Crippen molar-refractivity contribution in [1.82, 2.24) is 15.5 Å². The molecular weight excluding hydrogens is 322 g/mol. The van der Waals surface area contributed by atoms with Crippen LogP contribution in [0.4, 0.5) is 0 Å². The zero-order valence-electron chi connectivity index (χ0n) is 14.1. The molecular formula is C18H23N3O4. The zero-order valence-corrected chi connectivity index (χ0v) is 14.1. The largest absolute Gasteiger partial charge is 0.454 e. The van der Waals surface area contributed by atoms with Gasteiger partial charge in [0.15, 0.2) is 11.5 Å². The van der Waals surface area contributed by atoms with Crippen LogP contribution in [-0.2, 0) is 16.1 Å². The van der Waals surface area contributed by atoms with Crippen LogP contribution in [0.1, 0.15) is 31.2 Å². The van der Waals surface area contributed by atoms with Crippen molar-refractivity contribution in [3.63, 3.8) is 0 Å². The van der Waals surface area contributed by atoms with Crippen LogP contribution in [0.2, 0.25) is 0 Å². The van der Waals surface area contributed by atoms with Crippen LogP contribution in [0.3, 0.4) is 0 Å². The van der Waals surface area contributed by atoms with E-state index in [1.807, 2.05) is 18.2 Å². The summed E-state index contributed by atoms with van der Waals surface area (Å²) < 4.78 is 10.7. The van der Waals surface area contributed by atoms with Gasteiger partial charge in [0, 0.05) is 31.6 Å². The van der Waals surface area contributed by atoms with Crippen molar-refractivity contribution in [3.8, 4) is 11.5 Å². The lowest BCUT2D eigenvalue weighted by Gasteiger charge is -2.39. The molecule has 3 heterocycles. The second-order valence-electron chi connectivity index (χ2n) is 6.88. The van der Waals surface area contributed by atoms with Gasteiger partial charge in [-0.15, -0.1) is 0 Å². The summed E-state index contributed by atoms with van der Waals surface area (Å²) in [7, 11) is 0. The van der Waals surface area contributed by atoms with Gasteiger partial charge in [0.25, 0.3) is 0 Å². The molecule has 2 unspecified atom stereocenters. The fourth-order valence-electron chi connectivity index (χ4n) is 3.91. The van der Waals surface area contributed by atoms with Crippen LogP contribution in [0, 0.1) is 0 Å². The Labute approximate surface area is 146 Å². The van der Waals surface area contributed by atoms with Crippen molar-refractivity contribution in [2.45, 2.75) is 44.3 Å². The molecule has 1 aromatic rings. The van der Waals surface area contributed by atoms with Crippen LogP contribution < -0.4 is 20.1 Å². The minimum atomic E-state index is -0.0103. The van der Waals surface area contributed by atoms with Gasteiger partial charge in [-0.2, -0.15) is 0 Å². The van der Waals surface area contributed by atoms with Gasteiger partial charge in [0.1, 0.15) is 0 Å². The normalized spacial score (nSPS) is 25.2. The number of carbonyl (C=O) groups excluding carboxylic acids is 2. The molecule has 2 amide bonds. The topological polar surface area (TPSA) is 79.9 Å². The molecule has 134 valence electrons. The van der Waals surface area contributed by atoms with Crippen molar-refractivity contribution < 1.29 is 19.1 Å². The van der Waals surface area contributed by atoms with Crippen molar-refractivity contribution >= 4 is 11.8 Å². The van der Waals surface area contributed by atoms with E-state index < -0.39 is 0 Å². The number of benzene rings is 1. The number of amides is 2. The Balaban J connectivity index is 1.34. The highest BCUT2D eigenvalue weighted by Gasteiger charge is 2.35. The molecule has 1 aromatic carbocycles. The molecule has 2 N–H and O–H groups in total. The number of nitrogens with zero attached hydrogens (tertiary/aromatic N) is 1. The number of piperidine rings is 1. The predicted molar refractivity (Wildman–Crippen MR) is 90.2 cm³/mol. The van der Waals surface area contributed by atoms with Crippen LogP contribution in [0.25, 0.3) is 0 Å². The first kappa shape index (κ1) is 16.2. The van der Waals surface area contributed by atoms with Crippen LogP contribution in [0.5, 0.6) is 11.5 Å². The molecule has 3 aliphatic heterocycles. The molecule has 2 saturated heterocycles. The second kappa shape index (κ2) is 6.92. The van der Waals surface area contributed by atoms with E-state index in [1.54, 1.807) is 0 Å². The number of hydrogen-bond donors (Lipinski definition) is 2. The maximum atomic E-state index is 12.4. The molecule has 0 radical (unpaired) electrons. The molecule has 7 heteroatoms. The second-order valence-corrected chi connectivity index (χ2v) is 6.88. The molecule has 7 nitrogen and oxygen atoms in total. The van der Waals surface area contributed by atoms with Gasteiger partial charge in [0.05, 0.1) is 6.54 Å². The SMILES string of the molecule is O=C1CC2CCCC(CN1)N2CC(=O)NCc1ccc2c(c1)OCO2. The Morgan fingerprint density at radius 1 is 1.24 bits per heavy atom. The molecule has 4 rings (SSSR count). The first-order valence-electron chi connectivity index (χ1n) is 8.87. The van der Waals surface area contributed by atoms with E-state index in [1.165, 1.54) is 0 Å². The van der Waals surface area contributed by atoms with Gasteiger partial charge < -0.3 is 20.1 Å². The molecule has 0 aliphatic carbocycles. The lowest BCUT2D eigenvalue weighted by Crippen LogP contribution is -2.51. The average molecular weight is 345 g/mol. The summed E-state index contributed by atoms with van der Waals surface area (Å²) in [5.74, 6) is 1.55. The standard InChI is InChI=1S/C18H23N3O4/c22-17-7-13-2-1-3-14(9-20-17)21(13)10-18(23)19-8-12-4-5-15-16(6-12)25-11-24-15/h4-6,13-14H,1-3,7-11H2,(H,19,23)(H,20,22). The Morgan fingerprint density at radius 2 is 2.08 bits per heavy atom. The molecule has 3 aliphatic rings. The summed E-state index contributed by atoms with van der Waals surface area (Å²) in [6.07, 6.45) is 3.64. The van der Waals surface area contributed by atoms with Gasteiger partial charge in [-0.1, -0.05) is 12.5 Å². The third-order valence-electron chi connectivity index (χ3n) is 5.22. The van der Waals surface area contributed by atoms with E-state index >= 15 is 0 Å². The van der Waals surface area contributed by atoms with Crippen molar-refractivity contribution in [1.29, 1.82) is 0 Å². The average Bonchev–Trinajstić information content (AvgIpc) is 3.05. The Hall–Kier alpha value is -2.28. The van der Waals surface area contributed by atoms with E-state index in [2.05, 4.69) is 15.5 Å². The smallest absolute Gasteiger partial charge is 0.234 e. The number of rotatable bonds is 4. The van der Waals surface area contributed by atoms with E-state index in [0.717, 1.165) is 36.3 Å². The predicted octanol–water partition coefficient (Wildman–Crippen LogP) is 0.774. The monoisotopic (exact) mass is 345 g/mol. The van der Waals surface area contributed by atoms with Gasteiger partial charge in [-0.25, -0.2) is 0 Å². The van der Waals surface area contributed by atoms with E-state index in [9.17, 15) is 9.59 Å². The molecule has 0 spiro atoms. The van der Waals surface area contributed by atoms with E-state index in [-0.39, 0.29) is 30.7 Å². The maximum Gasteiger partial charge on any atom is 0.234 e. The Bertz CT molecular complexity index is 678. The quantitative estimate of drug-likeness (QED) is 0.843. The highest BCUT2D eigenvalue weighted by Crippen LogP contribution is 2.32. The number of fused-ring (bicyclic) bond motifs is 3. The Morgan fingerprint density at radius 3 is 3.00 bits per heavy atom. The van der Waals surface area contributed by atoms with E-state index in [4.69, 9.17) is 9.47 Å². The summed E-state index contributed by atoms with van der Waals surface area (Å²) >= 11 is 0. The zero-order chi connectivity index (χ0) is 17.2. The summed E-state index contributed by atoms with van der Waals surface area (Å²) in [5, 5.41) is 5.94. The maximum absolute atomic E-state index is 12.4. The molecule has 25 heavy (non-hydrogen) atoms. The van der Waals surface area contributed by atoms with Gasteiger partial charge in [-0.3, -0.25) is 14.5 Å². The molecule has 0 saturated carbocycles. The summed E-state index contributed by atoms with van der Waals surface area (Å²) in [6, 6.07) is 6.13. The van der Waals surface area contributed by atoms with Crippen LogP contribution in [-0.4, -0.2) is 48.7 Å². The van der Waals surface area contributed by atoms with Crippen LogP contribution >= 0.6 is 0 Å². The number of nitrogens with one attached hydrogen (secondary N) is 2. The lowest BCUT2D eigenvalue weighted by molar-refractivity contribution is -0.125. The first-order valence-corrected chi connectivity index (χ1v) is 8.87. The number of hydrogen-bond acceptors (Lipinski definition) is 5. The van der Waals surface area contributed by atoms with E-state index in [0.29, 0.717) is 26.1 Å². The summed E-state index contributed by atoms with van der Waals surface area (Å²) in [6.45, 7) is 1.69. The van der Waals surface area contributed by atoms with Crippen molar-refractivity contribution in [2.24, 2.45) is 0 Å². The summed E-state index contributed by atoms with van der Waals surface area (Å²) in [4.78, 5) is 26.4. The highest BCUT2D eigenvalue weighted by atomic mass is 16.7. The molecule has 2 bridgehead atoms. The number of carbonyl (C=O) groups is 2. The fraction of sp³-hybridized carbons (Fsp3) is 0.556. The minimum absolute atomic E-state index is 0.0103. The lowest BCUT2D eigenvalue weighted by atomic mass is 9.94. The van der Waals surface area contributed by atoms with Crippen molar-refractivity contribution in [3.05, 3.63) is 23.8 Å². The van der Waals surface area contributed by atoms with Gasteiger partial charge in [0.2, 0.25) is 18.6 Å². The molecule has 2 atom stereocenters.